The lowest BCUT2D eigenvalue weighted by atomic mass is 10.1. The molecule has 3 rings (SSSR count). The fourth-order valence-corrected chi connectivity index (χ4v) is 5.17. The maximum Gasteiger partial charge on any atom is 0.326 e. The minimum Gasteiger partial charge on any atom is -0.480 e. The van der Waals surface area contributed by atoms with Crippen molar-refractivity contribution >= 4 is 71.8 Å². The second-order valence-corrected chi connectivity index (χ2v) is 11.5. The molecule has 18 nitrogen and oxygen atoms in total. The first-order chi connectivity index (χ1) is 23.7. The van der Waals surface area contributed by atoms with E-state index in [1.807, 2.05) is 24.3 Å². The summed E-state index contributed by atoms with van der Waals surface area (Å²) in [5.41, 5.74) is 29.6. The molecule has 3 aromatic rings. The summed E-state index contributed by atoms with van der Waals surface area (Å²) in [6.45, 7) is 6.73. The number of benzene rings is 1. The van der Waals surface area contributed by atoms with Crippen LogP contribution in [0.25, 0.3) is 21.9 Å². The summed E-state index contributed by atoms with van der Waals surface area (Å²) < 4.78 is 2.21. The standard InChI is InChI=1S/C24H35N9O2.C8H16N4O3.B/c1-3-19-32-20-21(16-9-4-5-10-17(16)31-22(20)25)33(19)14-7-6-12-28-23(35)18(30-15(2)34)11-8-13-29-24(26)27;1-5(13)12-6(7(14)15)3-2-4-11-8(9)10;/h4-5,9-10,18H,3,6-8,11-14H2,1-2H3,(H2,25,31)(H,28,35)(H,30,34)(H4,26,27,29);6H,2-4H2,1H3,(H,12,13)(H,14,15)(H4,9,10,11);/t18-;6-;/m00./s1. The second kappa shape index (κ2) is 22.2. The number of aromatic nitrogens is 3. The van der Waals surface area contributed by atoms with Gasteiger partial charge in [0.1, 0.15) is 23.4 Å². The number of carboxylic acids is 1. The molecule has 277 valence electrons. The van der Waals surface area contributed by atoms with Crippen molar-refractivity contribution in [1.29, 1.82) is 0 Å². The maximum absolute atomic E-state index is 12.6. The third-order valence-electron chi connectivity index (χ3n) is 7.37. The Bertz CT molecular complexity index is 1670. The number of nitrogens with two attached hydrogens (primary N) is 5. The molecule has 0 spiro atoms. The third kappa shape index (κ3) is 14.8. The summed E-state index contributed by atoms with van der Waals surface area (Å²) in [4.78, 5) is 62.3. The average Bonchev–Trinajstić information content (AvgIpc) is 3.43. The highest BCUT2D eigenvalue weighted by Crippen LogP contribution is 2.29. The largest absolute Gasteiger partial charge is 0.480 e. The molecule has 0 aliphatic rings. The number of hydrogen-bond donors (Lipinski definition) is 9. The van der Waals surface area contributed by atoms with E-state index in [2.05, 4.69) is 42.4 Å². The van der Waals surface area contributed by atoms with Gasteiger partial charge in [-0.2, -0.15) is 0 Å². The highest BCUT2D eigenvalue weighted by Gasteiger charge is 2.20. The number of unbranched alkanes of at least 4 members (excludes halogenated alkanes) is 1. The van der Waals surface area contributed by atoms with E-state index in [-0.39, 0.29) is 38.1 Å². The number of aliphatic carboxylic acids is 1. The zero-order valence-corrected chi connectivity index (χ0v) is 29.5. The number of carboxylic acid groups (broad SMARTS) is 1. The summed E-state index contributed by atoms with van der Waals surface area (Å²) in [6.07, 6.45) is 4.21. The number of amides is 3. The predicted molar refractivity (Wildman–Crippen MR) is 199 cm³/mol. The van der Waals surface area contributed by atoms with Gasteiger partial charge in [0, 0.05) is 60.2 Å². The number of nitrogens with one attached hydrogen (secondary N) is 3. The van der Waals surface area contributed by atoms with Crippen LogP contribution in [0.5, 0.6) is 0 Å². The number of pyridine rings is 1. The van der Waals surface area contributed by atoms with Gasteiger partial charge in [-0.05, 0) is 44.6 Å². The Kier molecular flexibility index (Phi) is 18.9. The van der Waals surface area contributed by atoms with Crippen molar-refractivity contribution in [3.8, 4) is 0 Å². The number of nitrogens with zero attached hydrogens (tertiary/aromatic N) is 5. The van der Waals surface area contributed by atoms with Crippen LogP contribution in [0.15, 0.2) is 34.3 Å². The van der Waals surface area contributed by atoms with Gasteiger partial charge in [-0.15, -0.1) is 0 Å². The Labute approximate surface area is 299 Å². The Morgan fingerprint density at radius 1 is 0.863 bits per heavy atom. The molecule has 0 saturated heterocycles. The average molecular weight is 709 g/mol. The first-order valence-corrected chi connectivity index (χ1v) is 16.4. The number of rotatable bonds is 18. The minimum absolute atomic E-state index is 0. The number of anilines is 1. The van der Waals surface area contributed by atoms with E-state index in [1.165, 1.54) is 13.8 Å². The molecule has 2 aromatic heterocycles. The van der Waals surface area contributed by atoms with Crippen LogP contribution in [-0.2, 0) is 32.1 Å². The topological polar surface area (TPSA) is 310 Å². The second-order valence-electron chi connectivity index (χ2n) is 11.5. The van der Waals surface area contributed by atoms with Crippen LogP contribution in [0, 0.1) is 0 Å². The molecule has 3 amide bonds. The van der Waals surface area contributed by atoms with E-state index in [9.17, 15) is 19.2 Å². The van der Waals surface area contributed by atoms with Gasteiger partial charge in [-0.25, -0.2) is 14.8 Å². The van der Waals surface area contributed by atoms with Crippen molar-refractivity contribution in [2.45, 2.75) is 84.3 Å². The number of hydrogen-bond acceptors (Lipinski definition) is 9. The van der Waals surface area contributed by atoms with E-state index in [0.717, 1.165) is 53.6 Å². The van der Waals surface area contributed by atoms with Crippen molar-refractivity contribution < 1.29 is 24.3 Å². The van der Waals surface area contributed by atoms with Crippen LogP contribution in [0.4, 0.5) is 5.82 Å². The molecule has 0 fully saturated rings. The van der Waals surface area contributed by atoms with Gasteiger partial charge in [0.05, 0.1) is 11.0 Å². The fourth-order valence-electron chi connectivity index (χ4n) is 5.17. The van der Waals surface area contributed by atoms with Crippen LogP contribution >= 0.6 is 0 Å². The summed E-state index contributed by atoms with van der Waals surface area (Å²) in [7, 11) is 0. The van der Waals surface area contributed by atoms with Crippen molar-refractivity contribution in [1.82, 2.24) is 30.5 Å². The molecule has 0 unspecified atom stereocenters. The van der Waals surface area contributed by atoms with E-state index < -0.39 is 18.1 Å². The van der Waals surface area contributed by atoms with Crippen molar-refractivity contribution in [3.63, 3.8) is 0 Å². The highest BCUT2D eigenvalue weighted by atomic mass is 16.4. The Morgan fingerprint density at radius 3 is 1.98 bits per heavy atom. The van der Waals surface area contributed by atoms with Crippen LogP contribution in [0.2, 0.25) is 0 Å². The predicted octanol–water partition coefficient (Wildman–Crippen LogP) is -0.568. The first-order valence-electron chi connectivity index (χ1n) is 16.4. The highest BCUT2D eigenvalue weighted by molar-refractivity contribution is 6.06. The van der Waals surface area contributed by atoms with E-state index in [4.69, 9.17) is 38.8 Å². The fraction of sp³-hybridized carbons (Fsp3) is 0.500. The molecule has 14 N–H and O–H groups in total. The minimum atomic E-state index is -1.06. The van der Waals surface area contributed by atoms with Crippen LogP contribution < -0.4 is 44.6 Å². The van der Waals surface area contributed by atoms with Crippen molar-refractivity contribution in [2.24, 2.45) is 32.9 Å². The van der Waals surface area contributed by atoms with Crippen molar-refractivity contribution in [2.75, 3.05) is 25.4 Å². The summed E-state index contributed by atoms with van der Waals surface area (Å²) in [6, 6.07) is 6.43. The smallest absolute Gasteiger partial charge is 0.326 e. The lowest BCUT2D eigenvalue weighted by Crippen LogP contribution is -2.46. The number of imidazole rings is 1. The Hall–Kier alpha value is -5.62. The first kappa shape index (κ1) is 43.4. The molecular formula is C32H51BN13O5. The van der Waals surface area contributed by atoms with Gasteiger partial charge in [0.25, 0.3) is 0 Å². The molecule has 19 heteroatoms. The molecule has 2 heterocycles. The monoisotopic (exact) mass is 708 g/mol. The normalized spacial score (nSPS) is 11.6. The van der Waals surface area contributed by atoms with Crippen LogP contribution in [-0.4, -0.2) is 95.4 Å². The molecule has 1 aromatic carbocycles. The van der Waals surface area contributed by atoms with E-state index >= 15 is 0 Å². The van der Waals surface area contributed by atoms with Gasteiger partial charge >= 0.3 is 5.97 Å². The van der Waals surface area contributed by atoms with E-state index in [1.54, 1.807) is 0 Å². The molecule has 0 saturated carbocycles. The molecule has 0 bridgehead atoms. The van der Waals surface area contributed by atoms with Gasteiger partial charge in [0.15, 0.2) is 17.7 Å². The molecule has 3 radical (unpaired) electrons. The number of carbonyl (C=O) groups is 4. The Balaban J connectivity index is 0.000000689. The number of aryl methyl sites for hydroxylation is 2. The van der Waals surface area contributed by atoms with Gasteiger partial charge < -0.3 is 54.3 Å². The number of nitrogen functional groups attached to an aromatic ring is 1. The number of guanidine groups is 2. The van der Waals surface area contributed by atoms with Crippen LogP contribution in [0.1, 0.15) is 65.1 Å². The Morgan fingerprint density at radius 2 is 1.43 bits per heavy atom. The van der Waals surface area contributed by atoms with Gasteiger partial charge in [-0.1, -0.05) is 25.1 Å². The zero-order chi connectivity index (χ0) is 37.2. The molecule has 0 aliphatic carbocycles. The van der Waals surface area contributed by atoms with Gasteiger partial charge in [-0.3, -0.25) is 24.4 Å². The number of para-hydroxylation sites is 1. The zero-order valence-electron chi connectivity index (χ0n) is 29.5. The molecule has 51 heavy (non-hydrogen) atoms. The SMILES string of the molecule is CC(=O)N[C@@H](CCCN=C(N)N)C(=O)O.CCc1nc2c(N)nc3ccccc3c2n1CCCCNC(=O)[C@H](CCCN=C(N)N)NC(C)=O.[B]. The molecular weight excluding hydrogens is 657 g/mol. The van der Waals surface area contributed by atoms with E-state index in [0.29, 0.717) is 51.1 Å². The number of carbonyl (C=O) groups excluding carboxylic acids is 3. The maximum atomic E-state index is 12.6. The summed E-state index contributed by atoms with van der Waals surface area (Å²) >= 11 is 0. The van der Waals surface area contributed by atoms with Crippen LogP contribution in [0.3, 0.4) is 0 Å². The molecule has 0 aliphatic heterocycles. The van der Waals surface area contributed by atoms with Crippen molar-refractivity contribution in [3.05, 3.63) is 30.1 Å². The third-order valence-corrected chi connectivity index (χ3v) is 7.37. The summed E-state index contributed by atoms with van der Waals surface area (Å²) in [5.74, 6) is -0.525. The van der Waals surface area contributed by atoms with Gasteiger partial charge in [0.2, 0.25) is 17.7 Å². The quantitative estimate of drug-likeness (QED) is 0.0347. The summed E-state index contributed by atoms with van der Waals surface area (Å²) in [5, 5.41) is 17.7. The number of fused-ring (bicyclic) bond motifs is 3. The lowest BCUT2D eigenvalue weighted by Gasteiger charge is -2.17. The molecule has 2 atom stereocenters. The number of aliphatic imine (C=N–C) groups is 2. The lowest BCUT2D eigenvalue weighted by molar-refractivity contribution is -0.141.